The molecule has 3 heterocycles. The molecule has 1 saturated heterocycles. The minimum absolute atomic E-state index is 0.0449. The van der Waals surface area contributed by atoms with Gasteiger partial charge in [0.05, 0.1) is 13.3 Å². The molecule has 8 nitrogen and oxygen atoms in total. The van der Waals surface area contributed by atoms with Gasteiger partial charge in [-0.05, 0) is 13.0 Å². The second-order valence-corrected chi connectivity index (χ2v) is 8.63. The van der Waals surface area contributed by atoms with Crippen molar-refractivity contribution in [2.24, 2.45) is 0 Å². The highest BCUT2D eigenvalue weighted by Crippen LogP contribution is 2.28. The van der Waals surface area contributed by atoms with Crippen LogP contribution in [0.25, 0.3) is 0 Å². The maximum Gasteiger partial charge on any atom is 0.250 e. The molecular weight excluding hydrogens is 392 g/mol. The molecule has 0 saturated carbocycles. The first kappa shape index (κ1) is 19.6. The molecule has 0 aliphatic carbocycles. The van der Waals surface area contributed by atoms with Crippen LogP contribution in [0, 0.1) is 6.92 Å². The summed E-state index contributed by atoms with van der Waals surface area (Å²) in [6.45, 7) is 3.13. The van der Waals surface area contributed by atoms with Crippen molar-refractivity contribution >= 4 is 27.3 Å². The number of pyridine rings is 1. The van der Waals surface area contributed by atoms with Crippen molar-refractivity contribution in [3.8, 4) is 11.6 Å². The molecule has 10 heteroatoms. The predicted molar refractivity (Wildman–Crippen MR) is 102 cm³/mol. The van der Waals surface area contributed by atoms with Crippen molar-refractivity contribution in [3.05, 3.63) is 29.0 Å². The molecule has 1 aliphatic heterocycles. The highest BCUT2D eigenvalue weighted by molar-refractivity contribution is 7.90. The van der Waals surface area contributed by atoms with Crippen LogP contribution in [-0.2, 0) is 9.84 Å². The third-order valence-corrected chi connectivity index (χ3v) is 5.55. The number of aromatic nitrogens is 3. The Bertz CT molecular complexity index is 913. The van der Waals surface area contributed by atoms with E-state index < -0.39 is 9.84 Å². The maximum atomic E-state index is 11.8. The van der Waals surface area contributed by atoms with E-state index in [0.717, 1.165) is 19.1 Å². The molecule has 2 aromatic rings. The minimum Gasteiger partial charge on any atom is -0.489 e. The second-order valence-electron chi connectivity index (χ2n) is 6.36. The number of anilines is 1. The van der Waals surface area contributed by atoms with Gasteiger partial charge in [-0.25, -0.2) is 23.4 Å². The molecular formula is C17H21ClN4O4S. The van der Waals surface area contributed by atoms with Crippen molar-refractivity contribution in [2.75, 3.05) is 31.4 Å². The average Bonchev–Trinajstić information content (AvgIpc) is 2.64. The van der Waals surface area contributed by atoms with Crippen molar-refractivity contribution in [1.82, 2.24) is 15.0 Å². The number of hydrogen-bond acceptors (Lipinski definition) is 8. The first-order chi connectivity index (χ1) is 12.8. The average molecular weight is 413 g/mol. The second kappa shape index (κ2) is 7.85. The Labute approximate surface area is 163 Å². The Kier molecular flexibility index (Phi) is 5.71. The summed E-state index contributed by atoms with van der Waals surface area (Å²) in [5, 5.41) is -0.0983. The van der Waals surface area contributed by atoms with Crippen LogP contribution in [0.2, 0.25) is 5.15 Å². The first-order valence-electron chi connectivity index (χ1n) is 8.44. The first-order valence-corrected chi connectivity index (χ1v) is 10.7. The minimum atomic E-state index is -3.54. The number of methoxy groups -OCH3 is 1. The number of hydrogen-bond donors (Lipinski definition) is 0. The Morgan fingerprint density at radius 2 is 1.93 bits per heavy atom. The van der Waals surface area contributed by atoms with Gasteiger partial charge in [-0.1, -0.05) is 11.6 Å². The molecule has 0 atom stereocenters. The molecule has 0 bridgehead atoms. The number of ether oxygens (including phenoxy) is 2. The monoisotopic (exact) mass is 412 g/mol. The number of halogens is 1. The summed E-state index contributed by atoms with van der Waals surface area (Å²) in [5.41, 5.74) is 0.669. The summed E-state index contributed by atoms with van der Waals surface area (Å²) in [5.74, 6) is 1.78. The molecule has 0 N–H and O–H groups in total. The zero-order chi connectivity index (χ0) is 19.6. The van der Waals surface area contributed by atoms with Gasteiger partial charge in [-0.2, -0.15) is 0 Å². The summed E-state index contributed by atoms with van der Waals surface area (Å²) in [4.78, 5) is 14.3. The van der Waals surface area contributed by atoms with Crippen LogP contribution in [0.5, 0.6) is 11.6 Å². The van der Waals surface area contributed by atoms with Crippen LogP contribution in [0.4, 0.5) is 5.82 Å². The lowest BCUT2D eigenvalue weighted by molar-refractivity contribution is 0.169. The predicted octanol–water partition coefficient (Wildman–Crippen LogP) is 2.29. The van der Waals surface area contributed by atoms with Gasteiger partial charge >= 0.3 is 0 Å². The van der Waals surface area contributed by atoms with E-state index in [1.54, 1.807) is 26.3 Å². The lowest BCUT2D eigenvalue weighted by Gasteiger charge is -2.33. The largest absolute Gasteiger partial charge is 0.489 e. The van der Waals surface area contributed by atoms with Crippen LogP contribution < -0.4 is 14.4 Å². The van der Waals surface area contributed by atoms with Crippen LogP contribution in [-0.4, -0.2) is 55.9 Å². The molecule has 0 amide bonds. The van der Waals surface area contributed by atoms with E-state index in [1.807, 2.05) is 11.0 Å². The SMILES string of the molecule is COc1ccc(OC2CCN(c3nc(S(C)(=O)=O)nc(Cl)c3C)CC2)cn1. The lowest BCUT2D eigenvalue weighted by Crippen LogP contribution is -2.39. The molecule has 1 aliphatic rings. The van der Waals surface area contributed by atoms with E-state index in [9.17, 15) is 8.42 Å². The van der Waals surface area contributed by atoms with Crippen molar-refractivity contribution < 1.29 is 17.9 Å². The van der Waals surface area contributed by atoms with E-state index in [0.29, 0.717) is 36.1 Å². The van der Waals surface area contributed by atoms with Gasteiger partial charge in [0.15, 0.2) is 0 Å². The molecule has 0 aromatic carbocycles. The Morgan fingerprint density at radius 1 is 1.22 bits per heavy atom. The van der Waals surface area contributed by atoms with E-state index in [2.05, 4.69) is 15.0 Å². The van der Waals surface area contributed by atoms with Crippen LogP contribution >= 0.6 is 11.6 Å². The summed E-state index contributed by atoms with van der Waals surface area (Å²) in [6, 6.07) is 3.58. The summed E-state index contributed by atoms with van der Waals surface area (Å²) in [6.07, 6.45) is 4.28. The quantitative estimate of drug-likeness (QED) is 0.545. The fourth-order valence-electron chi connectivity index (χ4n) is 2.87. The number of nitrogens with zero attached hydrogens (tertiary/aromatic N) is 4. The summed E-state index contributed by atoms with van der Waals surface area (Å²) in [7, 11) is -1.97. The molecule has 146 valence electrons. The number of sulfone groups is 1. The molecule has 3 rings (SSSR count). The number of rotatable bonds is 5. The zero-order valence-electron chi connectivity index (χ0n) is 15.3. The Balaban J connectivity index is 1.69. The van der Waals surface area contributed by atoms with Gasteiger partial charge < -0.3 is 14.4 Å². The molecule has 27 heavy (non-hydrogen) atoms. The normalized spacial score (nSPS) is 15.6. The van der Waals surface area contributed by atoms with Gasteiger partial charge in [0.25, 0.3) is 0 Å². The van der Waals surface area contributed by atoms with E-state index in [4.69, 9.17) is 21.1 Å². The van der Waals surface area contributed by atoms with Crippen LogP contribution in [0.3, 0.4) is 0 Å². The van der Waals surface area contributed by atoms with Crippen molar-refractivity contribution in [3.63, 3.8) is 0 Å². The highest BCUT2D eigenvalue weighted by atomic mass is 35.5. The van der Waals surface area contributed by atoms with Crippen molar-refractivity contribution in [2.45, 2.75) is 31.0 Å². The summed E-state index contributed by atoms with van der Waals surface area (Å²) >= 11 is 6.12. The van der Waals surface area contributed by atoms with Gasteiger partial charge in [0, 0.05) is 43.8 Å². The summed E-state index contributed by atoms with van der Waals surface area (Å²) < 4.78 is 34.6. The van der Waals surface area contributed by atoms with E-state index in [-0.39, 0.29) is 16.4 Å². The fourth-order valence-corrected chi connectivity index (χ4v) is 3.59. The standard InChI is InChI=1S/C17H21ClN4O4S/c1-11-15(18)20-17(27(3,23)24)21-16(11)22-8-6-12(7-9-22)26-13-4-5-14(25-2)19-10-13/h4-5,10,12H,6-9H2,1-3H3. The molecule has 0 unspecified atom stereocenters. The molecule has 0 spiro atoms. The lowest BCUT2D eigenvalue weighted by atomic mass is 10.1. The molecule has 1 fully saturated rings. The third kappa shape index (κ3) is 4.59. The van der Waals surface area contributed by atoms with Crippen LogP contribution in [0.1, 0.15) is 18.4 Å². The van der Waals surface area contributed by atoms with Crippen molar-refractivity contribution in [1.29, 1.82) is 0 Å². The van der Waals surface area contributed by atoms with E-state index in [1.165, 1.54) is 0 Å². The molecule has 0 radical (unpaired) electrons. The Hall–Kier alpha value is -2.13. The van der Waals surface area contributed by atoms with Gasteiger partial charge in [-0.3, -0.25) is 0 Å². The molecule has 2 aromatic heterocycles. The van der Waals surface area contributed by atoms with Crippen LogP contribution in [0.15, 0.2) is 23.5 Å². The van der Waals surface area contributed by atoms with Gasteiger partial charge in [0.2, 0.25) is 20.9 Å². The fraction of sp³-hybridized carbons (Fsp3) is 0.471. The zero-order valence-corrected chi connectivity index (χ0v) is 16.9. The highest BCUT2D eigenvalue weighted by Gasteiger charge is 2.25. The Morgan fingerprint density at radius 3 is 2.48 bits per heavy atom. The number of piperidine rings is 1. The van der Waals surface area contributed by atoms with Gasteiger partial charge in [0.1, 0.15) is 22.8 Å². The smallest absolute Gasteiger partial charge is 0.250 e. The third-order valence-electron chi connectivity index (χ3n) is 4.33. The van der Waals surface area contributed by atoms with E-state index >= 15 is 0 Å². The van der Waals surface area contributed by atoms with Gasteiger partial charge in [-0.15, -0.1) is 0 Å². The topological polar surface area (TPSA) is 94.5 Å². The maximum absolute atomic E-state index is 11.8.